The highest BCUT2D eigenvalue weighted by molar-refractivity contribution is 5.86. The monoisotopic (exact) mass is 204 g/mol. The third-order valence-corrected chi connectivity index (χ3v) is 2.01. The molecule has 0 saturated carbocycles. The highest BCUT2D eigenvalue weighted by Crippen LogP contribution is 2.11. The van der Waals surface area contributed by atoms with E-state index in [-0.39, 0.29) is 6.61 Å². The third-order valence-electron chi connectivity index (χ3n) is 2.01. The molecule has 1 amide bonds. The first-order chi connectivity index (χ1) is 6.45. The van der Waals surface area contributed by atoms with Crippen LogP contribution in [0.25, 0.3) is 0 Å². The summed E-state index contributed by atoms with van der Waals surface area (Å²) in [4.78, 5) is 26.7. The minimum absolute atomic E-state index is 0.176. The van der Waals surface area contributed by atoms with Crippen molar-refractivity contribution in [2.24, 2.45) is 5.73 Å². The van der Waals surface area contributed by atoms with Gasteiger partial charge in [-0.3, -0.25) is 9.63 Å². The van der Waals surface area contributed by atoms with Gasteiger partial charge in [-0.2, -0.15) is 0 Å². The molecule has 7 heteroatoms. The highest BCUT2D eigenvalue weighted by atomic mass is 16.7. The van der Waals surface area contributed by atoms with E-state index in [1.54, 1.807) is 0 Å². The number of nitrogens with zero attached hydrogens (tertiary/aromatic N) is 1. The predicted octanol–water partition coefficient (Wildman–Crippen LogP) is -2.08. The lowest BCUT2D eigenvalue weighted by Gasteiger charge is -2.34. The van der Waals surface area contributed by atoms with Gasteiger partial charge in [-0.05, 0) is 6.92 Å². The Bertz CT molecular complexity index is 256. The van der Waals surface area contributed by atoms with Crippen molar-refractivity contribution in [3.63, 3.8) is 0 Å². The molecule has 0 radical (unpaired) electrons. The molecule has 1 aliphatic rings. The Kier molecular flexibility index (Phi) is 3.04. The minimum Gasteiger partial charge on any atom is -0.480 e. The van der Waals surface area contributed by atoms with E-state index in [0.717, 1.165) is 0 Å². The van der Waals surface area contributed by atoms with Crippen molar-refractivity contribution in [3.05, 3.63) is 0 Å². The quantitative estimate of drug-likeness (QED) is 0.476. The highest BCUT2D eigenvalue weighted by Gasteiger charge is 2.38. The maximum atomic E-state index is 11.3. The number of carboxylic acid groups (broad SMARTS) is 1. The van der Waals surface area contributed by atoms with Gasteiger partial charge in [0.2, 0.25) is 0 Å². The number of aliphatic hydroxyl groups excluding tert-OH is 1. The number of carbonyl (C=O) groups excluding carboxylic acids is 1. The van der Waals surface area contributed by atoms with Crippen LogP contribution in [0, 0.1) is 0 Å². The Morgan fingerprint density at radius 2 is 2.36 bits per heavy atom. The number of aliphatic hydroxyl groups is 1. The van der Waals surface area contributed by atoms with E-state index in [1.165, 1.54) is 6.92 Å². The molecule has 1 fully saturated rings. The van der Waals surface area contributed by atoms with Crippen LogP contribution in [-0.2, 0) is 14.4 Å². The predicted molar refractivity (Wildman–Crippen MR) is 43.9 cm³/mol. The van der Waals surface area contributed by atoms with Gasteiger partial charge in [-0.25, -0.2) is 9.86 Å². The summed E-state index contributed by atoms with van der Waals surface area (Å²) < 4.78 is 0. The van der Waals surface area contributed by atoms with E-state index < -0.39 is 30.1 Å². The van der Waals surface area contributed by atoms with E-state index in [9.17, 15) is 9.59 Å². The molecule has 0 unspecified atom stereocenters. The summed E-state index contributed by atoms with van der Waals surface area (Å²) in [6.07, 6.45) is -1.08. The average molecular weight is 204 g/mol. The molecule has 1 rings (SSSR count). The van der Waals surface area contributed by atoms with Crippen LogP contribution in [0.5, 0.6) is 0 Å². The fourth-order valence-electron chi connectivity index (χ4n) is 1.04. The van der Waals surface area contributed by atoms with E-state index >= 15 is 0 Å². The number of carboxylic acids is 1. The van der Waals surface area contributed by atoms with Gasteiger partial charge in [0.1, 0.15) is 18.8 Å². The number of rotatable bonds is 2. The van der Waals surface area contributed by atoms with Crippen LogP contribution >= 0.6 is 0 Å². The number of amides is 1. The fraction of sp³-hybridized carbons (Fsp3) is 0.714. The zero-order chi connectivity index (χ0) is 10.9. The van der Waals surface area contributed by atoms with Crippen LogP contribution in [0.15, 0.2) is 0 Å². The zero-order valence-electron chi connectivity index (χ0n) is 7.58. The second-order valence-corrected chi connectivity index (χ2v) is 3.07. The van der Waals surface area contributed by atoms with Crippen LogP contribution in [0.1, 0.15) is 6.92 Å². The molecule has 0 bridgehead atoms. The lowest BCUT2D eigenvalue weighted by atomic mass is 10.1. The molecule has 1 heterocycles. The second kappa shape index (κ2) is 3.91. The van der Waals surface area contributed by atoms with Gasteiger partial charge in [-0.1, -0.05) is 0 Å². The molecule has 3 atom stereocenters. The van der Waals surface area contributed by atoms with Crippen LogP contribution < -0.4 is 5.73 Å². The van der Waals surface area contributed by atoms with Crippen molar-refractivity contribution >= 4 is 11.9 Å². The smallest absolute Gasteiger partial charge is 0.328 e. The molecule has 14 heavy (non-hydrogen) atoms. The Morgan fingerprint density at radius 1 is 1.79 bits per heavy atom. The summed E-state index contributed by atoms with van der Waals surface area (Å²) in [5, 5.41) is 18.4. The zero-order valence-corrected chi connectivity index (χ0v) is 7.58. The summed E-state index contributed by atoms with van der Waals surface area (Å²) in [5.41, 5.74) is 5.34. The van der Waals surface area contributed by atoms with Crippen LogP contribution in [-0.4, -0.2) is 51.9 Å². The van der Waals surface area contributed by atoms with Crippen molar-refractivity contribution in [1.82, 2.24) is 5.06 Å². The minimum atomic E-state index is -1.19. The standard InChI is InChI=1S/C7H12N2O5/c1-3(7(12)13)9-6(11)5(8)4(10)2-14-9/h3-5,10H,2,8H2,1H3,(H,12,13)/t3-,4-,5+/m1/s1. The summed E-state index contributed by atoms with van der Waals surface area (Å²) in [6, 6.07) is -2.23. The van der Waals surface area contributed by atoms with Gasteiger partial charge in [0.05, 0.1) is 0 Å². The van der Waals surface area contributed by atoms with Crippen molar-refractivity contribution in [2.45, 2.75) is 25.1 Å². The molecule has 0 spiro atoms. The molecular weight excluding hydrogens is 192 g/mol. The summed E-state index contributed by atoms with van der Waals surface area (Å²) in [7, 11) is 0. The van der Waals surface area contributed by atoms with Crippen molar-refractivity contribution in [3.8, 4) is 0 Å². The molecule has 1 saturated heterocycles. The fourth-order valence-corrected chi connectivity index (χ4v) is 1.04. The second-order valence-electron chi connectivity index (χ2n) is 3.07. The molecule has 0 aromatic heterocycles. The topological polar surface area (TPSA) is 113 Å². The number of nitrogens with two attached hydrogens (primary N) is 1. The molecule has 0 aromatic rings. The summed E-state index contributed by atoms with van der Waals surface area (Å²) in [5.74, 6) is -1.92. The molecule has 4 N–H and O–H groups in total. The van der Waals surface area contributed by atoms with Crippen molar-refractivity contribution < 1.29 is 24.6 Å². The van der Waals surface area contributed by atoms with Gasteiger partial charge in [-0.15, -0.1) is 0 Å². The Hall–Kier alpha value is -1.18. The normalized spacial score (nSPS) is 30.2. The van der Waals surface area contributed by atoms with Crippen LogP contribution in [0.4, 0.5) is 0 Å². The van der Waals surface area contributed by atoms with Gasteiger partial charge < -0.3 is 15.9 Å². The van der Waals surface area contributed by atoms with E-state index in [0.29, 0.717) is 5.06 Å². The number of hydrogen-bond acceptors (Lipinski definition) is 5. The molecule has 0 aliphatic carbocycles. The van der Waals surface area contributed by atoms with E-state index in [2.05, 4.69) is 0 Å². The first-order valence-electron chi connectivity index (χ1n) is 4.07. The van der Waals surface area contributed by atoms with Crippen LogP contribution in [0.3, 0.4) is 0 Å². The van der Waals surface area contributed by atoms with Crippen molar-refractivity contribution in [1.29, 1.82) is 0 Å². The molecule has 7 nitrogen and oxygen atoms in total. The maximum Gasteiger partial charge on any atom is 0.328 e. The first kappa shape index (κ1) is 10.9. The molecular formula is C7H12N2O5. The summed E-state index contributed by atoms with van der Waals surface area (Å²) in [6.45, 7) is 1.12. The third kappa shape index (κ3) is 1.84. The average Bonchev–Trinajstić information content (AvgIpc) is 2.13. The van der Waals surface area contributed by atoms with Gasteiger partial charge >= 0.3 is 5.97 Å². The molecule has 80 valence electrons. The van der Waals surface area contributed by atoms with Gasteiger partial charge in [0, 0.05) is 0 Å². The maximum absolute atomic E-state index is 11.3. The van der Waals surface area contributed by atoms with E-state index in [1.807, 2.05) is 0 Å². The lowest BCUT2D eigenvalue weighted by Crippen LogP contribution is -2.60. The Morgan fingerprint density at radius 3 is 2.86 bits per heavy atom. The number of hydrogen-bond donors (Lipinski definition) is 3. The van der Waals surface area contributed by atoms with Gasteiger partial charge in [0.25, 0.3) is 5.91 Å². The Balaban J connectivity index is 2.73. The largest absolute Gasteiger partial charge is 0.480 e. The lowest BCUT2D eigenvalue weighted by molar-refractivity contribution is -0.231. The number of aliphatic carboxylic acids is 1. The number of hydroxylamine groups is 2. The van der Waals surface area contributed by atoms with Crippen molar-refractivity contribution in [2.75, 3.05) is 6.61 Å². The Labute approximate surface area is 80.0 Å². The summed E-state index contributed by atoms with van der Waals surface area (Å²) >= 11 is 0. The molecule has 0 aromatic carbocycles. The molecule has 1 aliphatic heterocycles. The number of carbonyl (C=O) groups is 2. The van der Waals surface area contributed by atoms with Gasteiger partial charge in [0.15, 0.2) is 6.04 Å². The SMILES string of the molecule is C[C@H](C(=O)O)N1OC[C@@H](O)[C@H](N)C1=O. The first-order valence-corrected chi connectivity index (χ1v) is 4.07. The van der Waals surface area contributed by atoms with Crippen LogP contribution in [0.2, 0.25) is 0 Å². The van der Waals surface area contributed by atoms with E-state index in [4.69, 9.17) is 20.8 Å².